The second-order valence-electron chi connectivity index (χ2n) is 4.78. The molecule has 2 aromatic rings. The van der Waals surface area contributed by atoms with Crippen molar-refractivity contribution in [3.63, 3.8) is 0 Å². The molecule has 3 nitrogen and oxygen atoms in total. The van der Waals surface area contributed by atoms with Crippen molar-refractivity contribution in [2.45, 2.75) is 13.3 Å². The van der Waals surface area contributed by atoms with Gasteiger partial charge in [-0.3, -0.25) is 0 Å². The molecule has 0 aromatic heterocycles. The molecule has 0 bridgehead atoms. The minimum Gasteiger partial charge on any atom is -0.384 e. The Morgan fingerprint density at radius 2 is 1.75 bits per heavy atom. The van der Waals surface area contributed by atoms with Crippen molar-refractivity contribution in [1.82, 2.24) is 0 Å². The van der Waals surface area contributed by atoms with Crippen LogP contribution in [0.2, 0.25) is 0 Å². The van der Waals surface area contributed by atoms with Crippen LogP contribution in [0.4, 0.5) is 5.69 Å². The molecule has 0 fully saturated rings. The van der Waals surface area contributed by atoms with Gasteiger partial charge in [-0.15, -0.1) is 0 Å². The maximum absolute atomic E-state index is 11.6. The Labute approximate surface area is 128 Å². The van der Waals surface area contributed by atoms with Crippen LogP contribution in [0.5, 0.6) is 0 Å². The number of anilines is 1. The van der Waals surface area contributed by atoms with Gasteiger partial charge in [0.25, 0.3) is 0 Å². The lowest BCUT2D eigenvalue weighted by molar-refractivity contribution is 0.595. The first-order chi connectivity index (χ1) is 9.50. The van der Waals surface area contributed by atoms with Crippen molar-refractivity contribution < 1.29 is 8.42 Å². The van der Waals surface area contributed by atoms with E-state index in [1.165, 1.54) is 0 Å². The molecule has 0 radical (unpaired) electrons. The summed E-state index contributed by atoms with van der Waals surface area (Å²) >= 11 is 3.45. The van der Waals surface area contributed by atoms with Crippen LogP contribution >= 0.6 is 15.9 Å². The molecule has 2 aromatic carbocycles. The van der Waals surface area contributed by atoms with Crippen LogP contribution in [0.25, 0.3) is 10.8 Å². The lowest BCUT2D eigenvalue weighted by Gasteiger charge is -2.08. The van der Waals surface area contributed by atoms with Crippen LogP contribution in [0, 0.1) is 0 Å². The highest BCUT2D eigenvalue weighted by atomic mass is 79.9. The number of nitrogens with one attached hydrogen (secondary N) is 1. The topological polar surface area (TPSA) is 46.2 Å². The maximum atomic E-state index is 11.6. The zero-order valence-electron chi connectivity index (χ0n) is 11.4. The van der Waals surface area contributed by atoms with E-state index in [0.717, 1.165) is 20.9 Å². The summed E-state index contributed by atoms with van der Waals surface area (Å²) < 4.78 is 24.3. The van der Waals surface area contributed by atoms with E-state index < -0.39 is 9.84 Å². The lowest BCUT2D eigenvalue weighted by Crippen LogP contribution is -2.18. The Hall–Kier alpha value is -1.07. The summed E-state index contributed by atoms with van der Waals surface area (Å²) in [4.78, 5) is 0. The van der Waals surface area contributed by atoms with Gasteiger partial charge in [0.1, 0.15) is 0 Å². The third-order valence-corrected chi connectivity index (χ3v) is 5.41. The standard InChI is InChI=1S/C15H18BrNO2S/c1-2-8-20(18,19)9-7-17-15-6-4-12-10-14(16)5-3-13(12)11-15/h3-6,10-11,17H,2,7-9H2,1H3. The van der Waals surface area contributed by atoms with E-state index in [1.807, 2.05) is 37.3 Å². The minimum absolute atomic E-state index is 0.180. The summed E-state index contributed by atoms with van der Waals surface area (Å²) in [6, 6.07) is 12.1. The number of sulfone groups is 1. The van der Waals surface area contributed by atoms with Crippen molar-refractivity contribution in [3.05, 3.63) is 40.9 Å². The molecule has 0 aliphatic carbocycles. The van der Waals surface area contributed by atoms with Gasteiger partial charge in [0, 0.05) is 22.5 Å². The second kappa shape index (κ2) is 6.59. The third-order valence-electron chi connectivity index (χ3n) is 3.06. The van der Waals surface area contributed by atoms with E-state index in [2.05, 4.69) is 27.3 Å². The first-order valence-electron chi connectivity index (χ1n) is 6.64. The van der Waals surface area contributed by atoms with Gasteiger partial charge >= 0.3 is 0 Å². The second-order valence-corrected chi connectivity index (χ2v) is 8.00. The quantitative estimate of drug-likeness (QED) is 0.856. The van der Waals surface area contributed by atoms with Crippen LogP contribution in [-0.2, 0) is 9.84 Å². The van der Waals surface area contributed by atoms with E-state index in [9.17, 15) is 8.42 Å². The molecule has 20 heavy (non-hydrogen) atoms. The highest BCUT2D eigenvalue weighted by molar-refractivity contribution is 9.10. The van der Waals surface area contributed by atoms with Crippen LogP contribution in [-0.4, -0.2) is 26.5 Å². The van der Waals surface area contributed by atoms with E-state index >= 15 is 0 Å². The molecule has 0 spiro atoms. The highest BCUT2D eigenvalue weighted by Crippen LogP contribution is 2.22. The van der Waals surface area contributed by atoms with Crippen molar-refractivity contribution in [2.24, 2.45) is 0 Å². The van der Waals surface area contributed by atoms with Gasteiger partial charge in [0.15, 0.2) is 9.84 Å². The van der Waals surface area contributed by atoms with Crippen molar-refractivity contribution >= 4 is 42.2 Å². The summed E-state index contributed by atoms with van der Waals surface area (Å²) in [5, 5.41) is 5.46. The van der Waals surface area contributed by atoms with Crippen molar-refractivity contribution in [2.75, 3.05) is 23.4 Å². The predicted molar refractivity (Wildman–Crippen MR) is 89.1 cm³/mol. The predicted octanol–water partition coefficient (Wildman–Crippen LogP) is 3.84. The van der Waals surface area contributed by atoms with Crippen molar-refractivity contribution in [3.8, 4) is 0 Å². The number of benzene rings is 2. The highest BCUT2D eigenvalue weighted by Gasteiger charge is 2.08. The average Bonchev–Trinajstić information content (AvgIpc) is 2.38. The largest absolute Gasteiger partial charge is 0.384 e. The van der Waals surface area contributed by atoms with Crippen LogP contribution in [0.15, 0.2) is 40.9 Å². The maximum Gasteiger partial charge on any atom is 0.152 e. The normalized spacial score (nSPS) is 11.7. The molecular formula is C15H18BrNO2S. The first kappa shape index (κ1) is 15.3. The number of hydrogen-bond acceptors (Lipinski definition) is 3. The zero-order chi connectivity index (χ0) is 14.6. The Morgan fingerprint density at radius 3 is 2.50 bits per heavy atom. The average molecular weight is 356 g/mol. The lowest BCUT2D eigenvalue weighted by atomic mass is 10.1. The number of fused-ring (bicyclic) bond motifs is 1. The minimum atomic E-state index is -2.92. The Kier molecular flexibility index (Phi) is 5.05. The fourth-order valence-corrected chi connectivity index (χ4v) is 3.71. The Morgan fingerprint density at radius 1 is 1.05 bits per heavy atom. The molecule has 108 valence electrons. The van der Waals surface area contributed by atoms with Crippen LogP contribution < -0.4 is 5.32 Å². The van der Waals surface area contributed by atoms with Crippen LogP contribution in [0.1, 0.15) is 13.3 Å². The summed E-state index contributed by atoms with van der Waals surface area (Å²) in [6.07, 6.45) is 0.674. The molecular weight excluding hydrogens is 338 g/mol. The monoisotopic (exact) mass is 355 g/mol. The molecule has 0 atom stereocenters. The van der Waals surface area contributed by atoms with Gasteiger partial charge in [0.05, 0.1) is 5.75 Å². The number of halogens is 1. The van der Waals surface area contributed by atoms with Gasteiger partial charge in [-0.25, -0.2) is 8.42 Å². The van der Waals surface area contributed by atoms with Gasteiger partial charge in [-0.2, -0.15) is 0 Å². The first-order valence-corrected chi connectivity index (χ1v) is 9.25. The third kappa shape index (κ3) is 4.21. The van der Waals surface area contributed by atoms with E-state index in [-0.39, 0.29) is 11.5 Å². The summed E-state index contributed by atoms with van der Waals surface area (Å²) in [7, 11) is -2.92. The molecule has 0 amide bonds. The molecule has 0 saturated heterocycles. The summed E-state index contributed by atoms with van der Waals surface area (Å²) in [6.45, 7) is 2.33. The Balaban J connectivity index is 2.02. The fourth-order valence-electron chi connectivity index (χ4n) is 2.09. The summed E-state index contributed by atoms with van der Waals surface area (Å²) in [5.74, 6) is 0.444. The van der Waals surface area contributed by atoms with Gasteiger partial charge in [-0.1, -0.05) is 35.0 Å². The van der Waals surface area contributed by atoms with Gasteiger partial charge in [-0.05, 0) is 41.5 Å². The van der Waals surface area contributed by atoms with E-state index in [0.29, 0.717) is 13.0 Å². The molecule has 0 heterocycles. The van der Waals surface area contributed by atoms with E-state index in [4.69, 9.17) is 0 Å². The molecule has 5 heteroatoms. The number of hydrogen-bond donors (Lipinski definition) is 1. The SMILES string of the molecule is CCCS(=O)(=O)CCNc1ccc2cc(Br)ccc2c1. The van der Waals surface area contributed by atoms with Gasteiger partial charge < -0.3 is 5.32 Å². The smallest absolute Gasteiger partial charge is 0.152 e. The molecule has 0 unspecified atom stereocenters. The Bertz CT molecular complexity index is 698. The fraction of sp³-hybridized carbons (Fsp3) is 0.333. The summed E-state index contributed by atoms with van der Waals surface area (Å²) in [5.41, 5.74) is 0.950. The molecule has 0 aliphatic rings. The van der Waals surface area contributed by atoms with Crippen molar-refractivity contribution in [1.29, 1.82) is 0 Å². The number of rotatable bonds is 6. The molecule has 1 N–H and O–H groups in total. The zero-order valence-corrected chi connectivity index (χ0v) is 13.8. The molecule has 0 saturated carbocycles. The molecule has 2 rings (SSSR count). The van der Waals surface area contributed by atoms with Crippen LogP contribution in [0.3, 0.4) is 0 Å². The van der Waals surface area contributed by atoms with E-state index in [1.54, 1.807) is 0 Å². The molecule has 0 aliphatic heterocycles. The van der Waals surface area contributed by atoms with Gasteiger partial charge in [0.2, 0.25) is 0 Å².